The zero-order valence-electron chi connectivity index (χ0n) is 10.7. The molecule has 0 aromatic carbocycles. The van der Waals surface area contributed by atoms with Crippen molar-refractivity contribution in [1.29, 1.82) is 0 Å². The van der Waals surface area contributed by atoms with Crippen LogP contribution in [-0.4, -0.2) is 5.97 Å². The molecule has 16 heavy (non-hydrogen) atoms. The fourth-order valence-electron chi connectivity index (χ4n) is 1.62. The van der Waals surface area contributed by atoms with Crippen LogP contribution in [0, 0.1) is 0 Å². The summed E-state index contributed by atoms with van der Waals surface area (Å²) in [5, 5.41) is 10.1. The van der Waals surface area contributed by atoms with Crippen LogP contribution in [0.4, 0.5) is 0 Å². The summed E-state index contributed by atoms with van der Waals surface area (Å²) in [6.07, 6.45) is 12.7. The van der Waals surface area contributed by atoms with Gasteiger partial charge in [-0.2, -0.15) is 0 Å². The normalized spacial score (nSPS) is 9.50. The van der Waals surface area contributed by atoms with Crippen molar-refractivity contribution >= 4 is 5.97 Å². The van der Waals surface area contributed by atoms with E-state index in [2.05, 4.69) is 6.58 Å². The van der Waals surface area contributed by atoms with Crippen molar-refractivity contribution in [1.82, 2.24) is 0 Å². The van der Waals surface area contributed by atoms with Crippen molar-refractivity contribution in [2.45, 2.75) is 64.2 Å². The van der Waals surface area contributed by atoms with Gasteiger partial charge in [-0.25, -0.2) is 0 Å². The first kappa shape index (κ1) is 18.2. The third-order valence-electron chi connectivity index (χ3n) is 2.54. The number of carboxylic acid groups (broad SMARTS) is 1. The second kappa shape index (κ2) is 14.8. The Bertz CT molecular complexity index is 169. The van der Waals surface area contributed by atoms with E-state index in [1.165, 1.54) is 32.1 Å². The molecule has 0 N–H and O–H groups in total. The SMILES string of the molecule is C=CCCCCCCCCCCC(=O)[O-].[Li+]. The summed E-state index contributed by atoms with van der Waals surface area (Å²) in [6.45, 7) is 3.69. The van der Waals surface area contributed by atoms with Crippen LogP contribution in [0.1, 0.15) is 64.2 Å². The van der Waals surface area contributed by atoms with Gasteiger partial charge in [-0.05, 0) is 25.7 Å². The van der Waals surface area contributed by atoms with Gasteiger partial charge in [0.1, 0.15) is 0 Å². The molecule has 0 rings (SSSR count). The first-order valence-electron chi connectivity index (χ1n) is 6.08. The van der Waals surface area contributed by atoms with E-state index in [1.807, 2.05) is 6.08 Å². The minimum atomic E-state index is -0.917. The monoisotopic (exact) mass is 218 g/mol. The molecule has 0 fully saturated rings. The number of unbranched alkanes of at least 4 members (excludes halogenated alkanes) is 8. The number of carbonyl (C=O) groups is 1. The van der Waals surface area contributed by atoms with Gasteiger partial charge in [0.2, 0.25) is 0 Å². The molecule has 0 unspecified atom stereocenters. The molecular formula is C13H23LiO2. The standard InChI is InChI=1S/C13H24O2.Li/c1-2-3-4-5-6-7-8-9-10-11-12-13(14)15;/h2H,1,3-12H2,(H,14,15);/q;+1/p-1. The van der Waals surface area contributed by atoms with Crippen molar-refractivity contribution in [3.05, 3.63) is 12.7 Å². The Morgan fingerprint density at radius 1 is 0.938 bits per heavy atom. The van der Waals surface area contributed by atoms with E-state index in [-0.39, 0.29) is 25.3 Å². The number of hydrogen-bond acceptors (Lipinski definition) is 2. The Balaban J connectivity index is 0. The molecule has 0 amide bonds. The minimum absolute atomic E-state index is 0. The van der Waals surface area contributed by atoms with Gasteiger partial charge in [0.25, 0.3) is 0 Å². The van der Waals surface area contributed by atoms with Crippen molar-refractivity contribution < 1.29 is 28.8 Å². The van der Waals surface area contributed by atoms with Gasteiger partial charge < -0.3 is 9.90 Å². The van der Waals surface area contributed by atoms with E-state index in [0.29, 0.717) is 0 Å². The van der Waals surface area contributed by atoms with Crippen LogP contribution in [0.5, 0.6) is 0 Å². The predicted octanol–water partition coefficient (Wildman–Crippen LogP) is -0.173. The first-order chi connectivity index (χ1) is 7.27. The first-order valence-corrected chi connectivity index (χ1v) is 6.08. The smallest absolute Gasteiger partial charge is 0.550 e. The maximum absolute atomic E-state index is 10.1. The fraction of sp³-hybridized carbons (Fsp3) is 0.769. The number of rotatable bonds is 11. The molecule has 3 heteroatoms. The molecule has 0 saturated carbocycles. The largest absolute Gasteiger partial charge is 1.00 e. The summed E-state index contributed by atoms with van der Waals surface area (Å²) in [6, 6.07) is 0. The molecule has 0 heterocycles. The minimum Gasteiger partial charge on any atom is -0.550 e. The van der Waals surface area contributed by atoms with Crippen molar-refractivity contribution in [2.75, 3.05) is 0 Å². The van der Waals surface area contributed by atoms with Gasteiger partial charge in [0.15, 0.2) is 0 Å². The van der Waals surface area contributed by atoms with Crippen LogP contribution >= 0.6 is 0 Å². The Labute approximate surface area is 112 Å². The molecule has 0 aliphatic heterocycles. The molecule has 0 aromatic heterocycles. The number of carbonyl (C=O) groups excluding carboxylic acids is 1. The van der Waals surface area contributed by atoms with E-state index >= 15 is 0 Å². The molecule has 0 radical (unpaired) electrons. The molecule has 0 saturated heterocycles. The van der Waals surface area contributed by atoms with E-state index in [4.69, 9.17) is 0 Å². The average Bonchev–Trinajstić information content (AvgIpc) is 2.20. The molecule has 0 bridgehead atoms. The maximum Gasteiger partial charge on any atom is 1.00 e. The third kappa shape index (κ3) is 16.2. The van der Waals surface area contributed by atoms with Gasteiger partial charge in [-0.1, -0.05) is 44.6 Å². The molecule has 0 aliphatic rings. The summed E-state index contributed by atoms with van der Waals surface area (Å²) >= 11 is 0. The van der Waals surface area contributed by atoms with Gasteiger partial charge in [-0.3, -0.25) is 0 Å². The Morgan fingerprint density at radius 3 is 1.81 bits per heavy atom. The third-order valence-corrected chi connectivity index (χ3v) is 2.54. The van der Waals surface area contributed by atoms with Crippen LogP contribution < -0.4 is 24.0 Å². The van der Waals surface area contributed by atoms with Gasteiger partial charge in [0, 0.05) is 5.97 Å². The summed E-state index contributed by atoms with van der Waals surface area (Å²) in [5.74, 6) is -0.917. The Kier molecular flexibility index (Phi) is 16.8. The summed E-state index contributed by atoms with van der Waals surface area (Å²) in [4.78, 5) is 10.1. The number of aliphatic carboxylic acids is 1. The summed E-state index contributed by atoms with van der Waals surface area (Å²) < 4.78 is 0. The van der Waals surface area contributed by atoms with Crippen LogP contribution in [0.2, 0.25) is 0 Å². The van der Waals surface area contributed by atoms with Gasteiger partial charge >= 0.3 is 18.9 Å². The second-order valence-electron chi connectivity index (χ2n) is 4.03. The molecule has 0 atom stereocenters. The molecule has 0 spiro atoms. The fourth-order valence-corrected chi connectivity index (χ4v) is 1.62. The van der Waals surface area contributed by atoms with Gasteiger partial charge in [-0.15, -0.1) is 6.58 Å². The quantitative estimate of drug-likeness (QED) is 0.274. The zero-order chi connectivity index (χ0) is 11.4. The van der Waals surface area contributed by atoms with Crippen LogP contribution in [-0.2, 0) is 4.79 Å². The molecule has 0 aromatic rings. The van der Waals surface area contributed by atoms with E-state index in [1.54, 1.807) is 0 Å². The van der Waals surface area contributed by atoms with E-state index in [9.17, 15) is 9.90 Å². The number of carboxylic acids is 1. The van der Waals surface area contributed by atoms with Crippen molar-refractivity contribution in [3.8, 4) is 0 Å². The van der Waals surface area contributed by atoms with Crippen molar-refractivity contribution in [2.24, 2.45) is 0 Å². The predicted molar refractivity (Wildman–Crippen MR) is 61.4 cm³/mol. The summed E-state index contributed by atoms with van der Waals surface area (Å²) in [7, 11) is 0. The van der Waals surface area contributed by atoms with Crippen molar-refractivity contribution in [3.63, 3.8) is 0 Å². The summed E-state index contributed by atoms with van der Waals surface area (Å²) in [5.41, 5.74) is 0. The van der Waals surface area contributed by atoms with E-state index < -0.39 is 5.97 Å². The Hall–Kier alpha value is -0.193. The molecule has 0 aliphatic carbocycles. The number of allylic oxidation sites excluding steroid dienone is 1. The van der Waals surface area contributed by atoms with Crippen LogP contribution in [0.3, 0.4) is 0 Å². The van der Waals surface area contributed by atoms with E-state index in [0.717, 1.165) is 25.7 Å². The van der Waals surface area contributed by atoms with Crippen LogP contribution in [0.25, 0.3) is 0 Å². The molecule has 2 nitrogen and oxygen atoms in total. The topological polar surface area (TPSA) is 40.1 Å². The maximum atomic E-state index is 10.1. The second-order valence-corrected chi connectivity index (χ2v) is 4.03. The number of hydrogen-bond donors (Lipinski definition) is 0. The van der Waals surface area contributed by atoms with Gasteiger partial charge in [0.05, 0.1) is 0 Å². The molecular weight excluding hydrogens is 195 g/mol. The Morgan fingerprint density at radius 2 is 1.38 bits per heavy atom. The average molecular weight is 218 g/mol. The molecule has 88 valence electrons. The van der Waals surface area contributed by atoms with Crippen LogP contribution in [0.15, 0.2) is 12.7 Å². The zero-order valence-corrected chi connectivity index (χ0v) is 10.7.